The predicted molar refractivity (Wildman–Crippen MR) is 96.9 cm³/mol. The number of carbonyl (C=O) groups is 1. The van der Waals surface area contributed by atoms with E-state index in [1.54, 1.807) is 14.0 Å². The van der Waals surface area contributed by atoms with Crippen LogP contribution in [0.3, 0.4) is 0 Å². The van der Waals surface area contributed by atoms with Crippen LogP contribution in [0.4, 0.5) is 0 Å². The van der Waals surface area contributed by atoms with Crippen molar-refractivity contribution in [3.8, 4) is 5.75 Å². The van der Waals surface area contributed by atoms with Crippen molar-refractivity contribution in [2.45, 2.75) is 45.3 Å². The van der Waals surface area contributed by atoms with Crippen molar-refractivity contribution in [3.05, 3.63) is 52.8 Å². The molecule has 1 aliphatic heterocycles. The summed E-state index contributed by atoms with van der Waals surface area (Å²) in [5.41, 5.74) is 2.21. The van der Waals surface area contributed by atoms with Gasteiger partial charge in [-0.15, -0.1) is 0 Å². The van der Waals surface area contributed by atoms with Gasteiger partial charge in [0.1, 0.15) is 17.0 Å². The molecule has 0 radical (unpaired) electrons. The zero-order valence-corrected chi connectivity index (χ0v) is 15.3. The molecule has 1 saturated heterocycles. The van der Waals surface area contributed by atoms with E-state index in [9.17, 15) is 9.90 Å². The number of nitrogens with zero attached hydrogens (tertiary/aromatic N) is 1. The minimum atomic E-state index is -1.12. The SMILES string of the molecule is COc1ccc(C(C)(O)C2CCCN2C(=O)c2[nH]c(C)cc2C)cc1. The molecular weight excluding hydrogens is 316 g/mol. The Balaban J connectivity index is 1.89. The molecule has 2 unspecified atom stereocenters. The highest BCUT2D eigenvalue weighted by molar-refractivity contribution is 5.94. The summed E-state index contributed by atoms with van der Waals surface area (Å²) in [5, 5.41) is 11.2. The van der Waals surface area contributed by atoms with Gasteiger partial charge in [-0.25, -0.2) is 0 Å². The Morgan fingerprint density at radius 1 is 1.32 bits per heavy atom. The van der Waals surface area contributed by atoms with E-state index in [0.717, 1.165) is 35.4 Å². The molecule has 0 bridgehead atoms. The van der Waals surface area contributed by atoms with Gasteiger partial charge in [0.25, 0.3) is 5.91 Å². The average Bonchev–Trinajstić information content (AvgIpc) is 3.21. The van der Waals surface area contributed by atoms with Crippen LogP contribution in [0, 0.1) is 13.8 Å². The molecule has 0 spiro atoms. The molecule has 134 valence electrons. The van der Waals surface area contributed by atoms with Gasteiger partial charge < -0.3 is 19.7 Å². The zero-order chi connectivity index (χ0) is 18.2. The lowest BCUT2D eigenvalue weighted by Gasteiger charge is -2.37. The van der Waals surface area contributed by atoms with Gasteiger partial charge in [-0.1, -0.05) is 12.1 Å². The highest BCUT2D eigenvalue weighted by Gasteiger charge is 2.43. The monoisotopic (exact) mass is 342 g/mol. The molecule has 1 aromatic carbocycles. The fraction of sp³-hybridized carbons (Fsp3) is 0.450. The van der Waals surface area contributed by atoms with Crippen LogP contribution in [0.2, 0.25) is 0 Å². The first-order chi connectivity index (χ1) is 11.8. The van der Waals surface area contributed by atoms with E-state index in [-0.39, 0.29) is 11.9 Å². The number of benzene rings is 1. The molecule has 5 nitrogen and oxygen atoms in total. The Bertz CT molecular complexity index is 762. The van der Waals surface area contributed by atoms with Gasteiger partial charge in [0, 0.05) is 12.2 Å². The van der Waals surface area contributed by atoms with Crippen LogP contribution in [0.15, 0.2) is 30.3 Å². The molecule has 25 heavy (non-hydrogen) atoms. The summed E-state index contributed by atoms with van der Waals surface area (Å²) in [4.78, 5) is 18.0. The summed E-state index contributed by atoms with van der Waals surface area (Å²) >= 11 is 0. The Kier molecular flexibility index (Phi) is 4.60. The molecule has 2 aromatic rings. The van der Waals surface area contributed by atoms with E-state index in [4.69, 9.17) is 4.74 Å². The second-order valence-corrected chi connectivity index (χ2v) is 7.04. The van der Waals surface area contributed by atoms with E-state index >= 15 is 0 Å². The largest absolute Gasteiger partial charge is 0.497 e. The Labute approximate surface area is 148 Å². The molecule has 1 aromatic heterocycles. The maximum absolute atomic E-state index is 13.0. The summed E-state index contributed by atoms with van der Waals surface area (Å²) in [5.74, 6) is 0.707. The van der Waals surface area contributed by atoms with Crippen LogP contribution in [-0.2, 0) is 5.60 Å². The van der Waals surface area contributed by atoms with Crippen molar-refractivity contribution < 1.29 is 14.6 Å². The highest BCUT2D eigenvalue weighted by atomic mass is 16.5. The molecule has 2 N–H and O–H groups in total. The number of likely N-dealkylation sites (tertiary alicyclic amines) is 1. The van der Waals surface area contributed by atoms with Crippen LogP contribution in [-0.4, -0.2) is 40.6 Å². The van der Waals surface area contributed by atoms with Gasteiger partial charge in [-0.05, 0) is 62.9 Å². The van der Waals surface area contributed by atoms with Gasteiger partial charge in [0.15, 0.2) is 0 Å². The van der Waals surface area contributed by atoms with E-state index < -0.39 is 5.60 Å². The van der Waals surface area contributed by atoms with E-state index in [1.807, 2.05) is 49.1 Å². The van der Waals surface area contributed by atoms with Gasteiger partial charge >= 0.3 is 0 Å². The topological polar surface area (TPSA) is 65.6 Å². The molecule has 2 heterocycles. The van der Waals surface area contributed by atoms with Gasteiger partial charge in [-0.2, -0.15) is 0 Å². The molecule has 1 amide bonds. The van der Waals surface area contributed by atoms with Crippen LogP contribution >= 0.6 is 0 Å². The quantitative estimate of drug-likeness (QED) is 0.897. The number of aromatic amines is 1. The molecule has 0 aliphatic carbocycles. The normalized spacial score (nSPS) is 19.7. The molecule has 0 saturated carbocycles. The molecular formula is C20H26N2O3. The summed E-state index contributed by atoms with van der Waals surface area (Å²) in [6.07, 6.45) is 1.67. The minimum absolute atomic E-state index is 0.0399. The third kappa shape index (κ3) is 3.16. The van der Waals surface area contributed by atoms with E-state index in [0.29, 0.717) is 12.2 Å². The Morgan fingerprint density at radius 2 is 2.00 bits per heavy atom. The van der Waals surface area contributed by atoms with Crippen molar-refractivity contribution >= 4 is 5.91 Å². The summed E-state index contributed by atoms with van der Waals surface area (Å²) < 4.78 is 5.19. The molecule has 3 rings (SSSR count). The number of H-pyrrole nitrogens is 1. The van der Waals surface area contributed by atoms with Crippen LogP contribution < -0.4 is 4.74 Å². The number of hydrogen-bond donors (Lipinski definition) is 2. The summed E-state index contributed by atoms with van der Waals surface area (Å²) in [7, 11) is 1.62. The van der Waals surface area contributed by atoms with Crippen LogP contribution in [0.5, 0.6) is 5.75 Å². The van der Waals surface area contributed by atoms with Crippen molar-refractivity contribution in [1.29, 1.82) is 0 Å². The number of amides is 1. The van der Waals surface area contributed by atoms with Gasteiger partial charge in [0.05, 0.1) is 13.2 Å². The Morgan fingerprint density at radius 3 is 2.56 bits per heavy atom. The summed E-state index contributed by atoms with van der Waals surface area (Å²) in [6, 6.07) is 9.12. The van der Waals surface area contributed by atoms with Gasteiger partial charge in [0.2, 0.25) is 0 Å². The van der Waals surface area contributed by atoms with Crippen molar-refractivity contribution in [2.24, 2.45) is 0 Å². The first kappa shape index (κ1) is 17.5. The number of ether oxygens (including phenoxy) is 1. The standard InChI is InChI=1S/C20H26N2O3/c1-13-12-14(2)21-18(13)19(23)22-11-5-6-17(22)20(3,24)15-7-9-16(25-4)10-8-15/h7-10,12,17,21,24H,5-6,11H2,1-4H3. The fourth-order valence-electron chi connectivity index (χ4n) is 3.81. The number of aryl methyl sites for hydroxylation is 2. The lowest BCUT2D eigenvalue weighted by Crippen LogP contribution is -2.48. The van der Waals surface area contributed by atoms with Crippen molar-refractivity contribution in [1.82, 2.24) is 9.88 Å². The number of nitrogens with one attached hydrogen (secondary N) is 1. The average molecular weight is 342 g/mol. The van der Waals surface area contributed by atoms with E-state index in [2.05, 4.69) is 4.98 Å². The summed E-state index contributed by atoms with van der Waals surface area (Å²) in [6.45, 7) is 6.33. The second-order valence-electron chi connectivity index (χ2n) is 7.04. The molecule has 5 heteroatoms. The highest BCUT2D eigenvalue weighted by Crippen LogP contribution is 2.36. The predicted octanol–water partition coefficient (Wildman–Crippen LogP) is 3.15. The first-order valence-electron chi connectivity index (χ1n) is 8.68. The third-order valence-corrected chi connectivity index (χ3v) is 5.20. The number of rotatable bonds is 4. The minimum Gasteiger partial charge on any atom is -0.497 e. The first-order valence-corrected chi connectivity index (χ1v) is 8.68. The van der Waals surface area contributed by atoms with E-state index in [1.165, 1.54) is 0 Å². The number of hydrogen-bond acceptors (Lipinski definition) is 3. The number of aliphatic hydroxyl groups is 1. The number of methoxy groups -OCH3 is 1. The van der Waals surface area contributed by atoms with Gasteiger partial charge in [-0.3, -0.25) is 4.79 Å². The smallest absolute Gasteiger partial charge is 0.270 e. The zero-order valence-electron chi connectivity index (χ0n) is 15.3. The number of carbonyl (C=O) groups excluding carboxylic acids is 1. The maximum Gasteiger partial charge on any atom is 0.270 e. The van der Waals surface area contributed by atoms with Crippen molar-refractivity contribution in [2.75, 3.05) is 13.7 Å². The molecule has 1 aliphatic rings. The van der Waals surface area contributed by atoms with Crippen molar-refractivity contribution in [3.63, 3.8) is 0 Å². The molecule has 2 atom stereocenters. The Hall–Kier alpha value is -2.27. The third-order valence-electron chi connectivity index (χ3n) is 5.20. The fourth-order valence-corrected chi connectivity index (χ4v) is 3.81. The van der Waals surface area contributed by atoms with Crippen LogP contribution in [0.1, 0.15) is 47.1 Å². The molecule has 1 fully saturated rings. The second kappa shape index (κ2) is 6.56. The lowest BCUT2D eigenvalue weighted by molar-refractivity contribution is -0.0179. The number of aromatic nitrogens is 1. The maximum atomic E-state index is 13.0. The van der Waals surface area contributed by atoms with Crippen LogP contribution in [0.25, 0.3) is 0 Å². The lowest BCUT2D eigenvalue weighted by atomic mass is 9.86.